The van der Waals surface area contributed by atoms with Crippen LogP contribution in [0.4, 0.5) is 0 Å². The first kappa shape index (κ1) is 27.3. The van der Waals surface area contributed by atoms with Gasteiger partial charge in [-0.3, -0.25) is 4.79 Å². The van der Waals surface area contributed by atoms with Crippen molar-refractivity contribution in [1.82, 2.24) is 0 Å². The minimum absolute atomic E-state index is 0.115. The van der Waals surface area contributed by atoms with Crippen molar-refractivity contribution in [2.75, 3.05) is 6.61 Å². The fourth-order valence-corrected chi connectivity index (χ4v) is 2.48. The van der Waals surface area contributed by atoms with Gasteiger partial charge >= 0.3 is 5.97 Å². The lowest BCUT2D eigenvalue weighted by atomic mass is 10.1. The van der Waals surface area contributed by atoms with Crippen LogP contribution in [0.5, 0.6) is 0 Å². The Labute approximate surface area is 161 Å². The topological polar surface area (TPSA) is 77.8 Å². The predicted octanol–water partition coefficient (Wildman–Crippen LogP) is 5.86. The number of carbonyl (C=O) groups is 1. The zero-order chi connectivity index (χ0) is 19.9. The van der Waals surface area contributed by atoms with Crippen LogP contribution in [0.2, 0.25) is 0 Å². The molecule has 0 fully saturated rings. The van der Waals surface area contributed by atoms with Crippen LogP contribution in [-0.4, -0.2) is 34.0 Å². The molecule has 0 aromatic carbocycles. The van der Waals surface area contributed by atoms with Gasteiger partial charge in [0.1, 0.15) is 0 Å². The number of rotatable bonds is 17. The van der Waals surface area contributed by atoms with Crippen molar-refractivity contribution < 1.29 is 20.1 Å². The Morgan fingerprint density at radius 1 is 0.808 bits per heavy atom. The Balaban J connectivity index is 0. The molecule has 0 heterocycles. The fraction of sp³-hybridized carbons (Fsp3) is 0.864. The molecule has 26 heavy (non-hydrogen) atoms. The SMILES string of the molecule is CCC(O)CO.CCCCCCCCC=CCCCCCCCC(=O)O. The van der Waals surface area contributed by atoms with Gasteiger partial charge in [-0.2, -0.15) is 0 Å². The summed E-state index contributed by atoms with van der Waals surface area (Å²) in [7, 11) is 0. The fourth-order valence-electron chi connectivity index (χ4n) is 2.48. The Kier molecular flexibility index (Phi) is 25.4. The summed E-state index contributed by atoms with van der Waals surface area (Å²) < 4.78 is 0. The average molecular weight is 373 g/mol. The monoisotopic (exact) mass is 372 g/mol. The molecule has 0 saturated carbocycles. The largest absolute Gasteiger partial charge is 0.481 e. The molecule has 4 heteroatoms. The van der Waals surface area contributed by atoms with Crippen LogP contribution in [0.15, 0.2) is 12.2 Å². The van der Waals surface area contributed by atoms with E-state index in [-0.39, 0.29) is 6.61 Å². The normalized spacial score (nSPS) is 12.0. The van der Waals surface area contributed by atoms with E-state index in [9.17, 15) is 4.79 Å². The molecule has 0 aromatic heterocycles. The van der Waals surface area contributed by atoms with Crippen LogP contribution >= 0.6 is 0 Å². The summed E-state index contributed by atoms with van der Waals surface area (Å²) in [4.78, 5) is 10.3. The molecular formula is C22H44O4. The lowest BCUT2D eigenvalue weighted by molar-refractivity contribution is -0.137. The van der Waals surface area contributed by atoms with E-state index in [0.29, 0.717) is 12.8 Å². The molecule has 0 aromatic rings. The number of hydrogen-bond acceptors (Lipinski definition) is 3. The van der Waals surface area contributed by atoms with Crippen LogP contribution in [0.3, 0.4) is 0 Å². The van der Waals surface area contributed by atoms with E-state index in [1.165, 1.54) is 70.6 Å². The lowest BCUT2D eigenvalue weighted by Crippen LogP contribution is -2.08. The number of carboxylic acid groups (broad SMARTS) is 1. The zero-order valence-corrected chi connectivity index (χ0v) is 17.3. The molecule has 0 bridgehead atoms. The van der Waals surface area contributed by atoms with Crippen LogP contribution < -0.4 is 0 Å². The van der Waals surface area contributed by atoms with Crippen molar-refractivity contribution in [3.63, 3.8) is 0 Å². The van der Waals surface area contributed by atoms with Gasteiger partial charge in [0.25, 0.3) is 0 Å². The highest BCUT2D eigenvalue weighted by Gasteiger charge is 1.96. The zero-order valence-electron chi connectivity index (χ0n) is 17.3. The third-order valence-electron chi connectivity index (χ3n) is 4.33. The molecule has 4 nitrogen and oxygen atoms in total. The number of carboxylic acids is 1. The van der Waals surface area contributed by atoms with E-state index in [1.807, 2.05) is 6.92 Å². The van der Waals surface area contributed by atoms with Gasteiger partial charge < -0.3 is 15.3 Å². The van der Waals surface area contributed by atoms with Crippen molar-refractivity contribution in [2.24, 2.45) is 0 Å². The third-order valence-corrected chi connectivity index (χ3v) is 4.33. The summed E-state index contributed by atoms with van der Waals surface area (Å²) >= 11 is 0. The van der Waals surface area contributed by atoms with E-state index in [0.717, 1.165) is 12.8 Å². The van der Waals surface area contributed by atoms with Crippen LogP contribution in [0.25, 0.3) is 0 Å². The van der Waals surface area contributed by atoms with Gasteiger partial charge in [-0.15, -0.1) is 0 Å². The van der Waals surface area contributed by atoms with Crippen LogP contribution in [0.1, 0.15) is 110 Å². The minimum atomic E-state index is -0.664. The number of aliphatic carboxylic acids is 1. The highest BCUT2D eigenvalue weighted by atomic mass is 16.4. The van der Waals surface area contributed by atoms with E-state index < -0.39 is 12.1 Å². The second kappa shape index (κ2) is 24.1. The molecule has 0 radical (unpaired) electrons. The first-order valence-electron chi connectivity index (χ1n) is 10.7. The van der Waals surface area contributed by atoms with Gasteiger partial charge in [0.05, 0.1) is 12.7 Å². The number of unbranched alkanes of at least 4 members (excludes halogenated alkanes) is 11. The first-order valence-corrected chi connectivity index (χ1v) is 10.7. The molecule has 1 atom stereocenters. The highest BCUT2D eigenvalue weighted by Crippen LogP contribution is 2.09. The molecule has 156 valence electrons. The quantitative estimate of drug-likeness (QED) is 0.221. The average Bonchev–Trinajstić information content (AvgIpc) is 2.64. The Bertz CT molecular complexity index is 299. The summed E-state index contributed by atoms with van der Waals surface area (Å²) in [5, 5.41) is 25.0. The van der Waals surface area contributed by atoms with Crippen LogP contribution in [0, 0.1) is 0 Å². The van der Waals surface area contributed by atoms with E-state index >= 15 is 0 Å². The molecule has 0 rings (SSSR count). The molecule has 0 aliphatic carbocycles. The van der Waals surface area contributed by atoms with Gasteiger partial charge in [-0.05, 0) is 38.5 Å². The molecule has 3 N–H and O–H groups in total. The Morgan fingerprint density at radius 2 is 1.27 bits per heavy atom. The first-order chi connectivity index (χ1) is 12.6. The maximum Gasteiger partial charge on any atom is 0.303 e. The van der Waals surface area contributed by atoms with Crippen molar-refractivity contribution >= 4 is 5.97 Å². The molecule has 0 spiro atoms. The summed E-state index contributed by atoms with van der Waals surface area (Å²) in [5.74, 6) is -0.664. The summed E-state index contributed by atoms with van der Waals surface area (Å²) in [5.41, 5.74) is 0. The molecular weight excluding hydrogens is 328 g/mol. The molecule has 0 aliphatic heterocycles. The number of aliphatic hydroxyl groups is 2. The minimum Gasteiger partial charge on any atom is -0.481 e. The Morgan fingerprint density at radius 3 is 1.65 bits per heavy atom. The van der Waals surface area contributed by atoms with Gasteiger partial charge in [0, 0.05) is 6.42 Å². The van der Waals surface area contributed by atoms with Gasteiger partial charge in [0.2, 0.25) is 0 Å². The van der Waals surface area contributed by atoms with Gasteiger partial charge in [-0.1, -0.05) is 77.4 Å². The highest BCUT2D eigenvalue weighted by molar-refractivity contribution is 5.66. The molecule has 1 unspecified atom stereocenters. The summed E-state index contributed by atoms with van der Waals surface area (Å²) in [6.07, 6.45) is 21.4. The van der Waals surface area contributed by atoms with Crippen molar-refractivity contribution in [2.45, 2.75) is 116 Å². The van der Waals surface area contributed by atoms with E-state index in [2.05, 4.69) is 19.1 Å². The smallest absolute Gasteiger partial charge is 0.303 e. The van der Waals surface area contributed by atoms with Gasteiger partial charge in [-0.25, -0.2) is 0 Å². The second-order valence-electron chi connectivity index (χ2n) is 6.97. The number of allylic oxidation sites excluding steroid dienone is 2. The summed E-state index contributed by atoms with van der Waals surface area (Å²) in [6, 6.07) is 0. The maximum absolute atomic E-state index is 10.3. The van der Waals surface area contributed by atoms with E-state index in [1.54, 1.807) is 0 Å². The molecule has 0 amide bonds. The third kappa shape index (κ3) is 28.0. The van der Waals surface area contributed by atoms with Crippen molar-refractivity contribution in [3.8, 4) is 0 Å². The molecule has 0 saturated heterocycles. The lowest BCUT2D eigenvalue weighted by Gasteiger charge is -1.99. The number of hydrogen-bond donors (Lipinski definition) is 3. The van der Waals surface area contributed by atoms with Crippen molar-refractivity contribution in [1.29, 1.82) is 0 Å². The Hall–Kier alpha value is -0.870. The number of aliphatic hydroxyl groups excluding tert-OH is 2. The van der Waals surface area contributed by atoms with Gasteiger partial charge in [0.15, 0.2) is 0 Å². The van der Waals surface area contributed by atoms with Crippen molar-refractivity contribution in [3.05, 3.63) is 12.2 Å². The van der Waals surface area contributed by atoms with E-state index in [4.69, 9.17) is 15.3 Å². The predicted molar refractivity (Wildman–Crippen MR) is 110 cm³/mol. The standard InChI is InChI=1S/C18H34O2.C4H10O2/c1-2-3-4-5-6-7-8-9-10-11-12-13-14-15-16-17-18(19)20;1-2-4(6)3-5/h9-10H,2-8,11-17H2,1H3,(H,19,20);4-6H,2-3H2,1H3. The maximum atomic E-state index is 10.3. The summed E-state index contributed by atoms with van der Waals surface area (Å²) in [6.45, 7) is 3.96. The molecule has 0 aliphatic rings. The van der Waals surface area contributed by atoms with Crippen LogP contribution in [-0.2, 0) is 4.79 Å². The second-order valence-corrected chi connectivity index (χ2v) is 6.97.